The van der Waals surface area contributed by atoms with Gasteiger partial charge in [0.05, 0.1) is 18.7 Å². The zero-order valence-electron chi connectivity index (χ0n) is 19.3. The minimum atomic E-state index is 0.0440. The Morgan fingerprint density at radius 3 is 2.62 bits per heavy atom. The molecule has 0 radical (unpaired) electrons. The maximum atomic E-state index is 12.5. The van der Waals surface area contributed by atoms with Crippen LogP contribution in [0.2, 0.25) is 0 Å². The summed E-state index contributed by atoms with van der Waals surface area (Å²) < 4.78 is 5.60. The number of rotatable bonds is 8. The van der Waals surface area contributed by atoms with Gasteiger partial charge in [-0.1, -0.05) is 12.1 Å². The molecule has 1 amide bonds. The van der Waals surface area contributed by atoms with Crippen molar-refractivity contribution in [3.8, 4) is 16.9 Å². The molecule has 4 rings (SSSR count). The Labute approximate surface area is 191 Å². The number of nitrogens with zero attached hydrogens (tertiary/aromatic N) is 3. The summed E-state index contributed by atoms with van der Waals surface area (Å²) >= 11 is 0. The van der Waals surface area contributed by atoms with E-state index in [1.54, 1.807) is 0 Å². The number of carbonyl (C=O) groups is 1. The average molecular weight is 438 g/mol. The summed E-state index contributed by atoms with van der Waals surface area (Å²) in [4.78, 5) is 22.2. The Balaban J connectivity index is 1.52. The van der Waals surface area contributed by atoms with Gasteiger partial charge in [-0.25, -0.2) is 4.98 Å². The molecule has 2 fully saturated rings. The van der Waals surface area contributed by atoms with Crippen LogP contribution < -0.4 is 20.3 Å². The van der Waals surface area contributed by atoms with Crippen molar-refractivity contribution in [1.29, 1.82) is 0 Å². The molecule has 172 valence electrons. The monoisotopic (exact) mass is 437 g/mol. The second-order valence-electron chi connectivity index (χ2n) is 8.76. The van der Waals surface area contributed by atoms with Crippen LogP contribution in [0.3, 0.4) is 0 Å². The second kappa shape index (κ2) is 10.8. The van der Waals surface area contributed by atoms with Gasteiger partial charge >= 0.3 is 0 Å². The predicted molar refractivity (Wildman–Crippen MR) is 128 cm³/mol. The second-order valence-corrected chi connectivity index (χ2v) is 8.76. The van der Waals surface area contributed by atoms with E-state index in [1.165, 1.54) is 0 Å². The van der Waals surface area contributed by atoms with Gasteiger partial charge in [-0.2, -0.15) is 0 Å². The number of amides is 1. The standard InChI is InChI=1S/C25H35N5O2/c1-3-32-22-7-4-20(5-8-22)23-9-6-21(16-24(31)27-18-19-10-11-26-17-19)28-25(23)30-14-12-29(2)13-15-30/h4-9,19,26H,3,10-18H2,1-2H3,(H,27,31). The van der Waals surface area contributed by atoms with Crippen LogP contribution in [-0.2, 0) is 11.2 Å². The number of anilines is 1. The number of benzene rings is 1. The van der Waals surface area contributed by atoms with Gasteiger partial charge in [0.1, 0.15) is 11.6 Å². The van der Waals surface area contributed by atoms with E-state index in [2.05, 4.69) is 45.7 Å². The summed E-state index contributed by atoms with van der Waals surface area (Å²) in [6, 6.07) is 12.3. The van der Waals surface area contributed by atoms with Crippen molar-refractivity contribution in [3.05, 3.63) is 42.1 Å². The number of likely N-dealkylation sites (N-methyl/N-ethyl adjacent to an activating group) is 1. The van der Waals surface area contributed by atoms with E-state index in [0.717, 1.165) is 80.6 Å². The zero-order chi connectivity index (χ0) is 22.3. The van der Waals surface area contributed by atoms with E-state index >= 15 is 0 Å². The average Bonchev–Trinajstić information content (AvgIpc) is 3.33. The van der Waals surface area contributed by atoms with Gasteiger partial charge in [0, 0.05) is 38.3 Å². The van der Waals surface area contributed by atoms with Gasteiger partial charge in [0.15, 0.2) is 0 Å². The third-order valence-electron chi connectivity index (χ3n) is 6.30. The van der Waals surface area contributed by atoms with E-state index in [1.807, 2.05) is 25.1 Å². The first-order chi connectivity index (χ1) is 15.6. The summed E-state index contributed by atoms with van der Waals surface area (Å²) in [5.74, 6) is 2.42. The lowest BCUT2D eigenvalue weighted by Crippen LogP contribution is -2.45. The summed E-state index contributed by atoms with van der Waals surface area (Å²) in [6.07, 6.45) is 1.44. The molecule has 1 aromatic carbocycles. The quantitative estimate of drug-likeness (QED) is 0.660. The molecule has 0 bridgehead atoms. The predicted octanol–water partition coefficient (Wildman–Crippen LogP) is 2.17. The lowest BCUT2D eigenvalue weighted by molar-refractivity contribution is -0.120. The minimum Gasteiger partial charge on any atom is -0.494 e. The van der Waals surface area contributed by atoms with Crippen molar-refractivity contribution >= 4 is 11.7 Å². The number of hydrogen-bond acceptors (Lipinski definition) is 6. The van der Waals surface area contributed by atoms with Crippen molar-refractivity contribution in [2.45, 2.75) is 19.8 Å². The molecule has 3 heterocycles. The molecule has 0 aliphatic carbocycles. The molecule has 1 atom stereocenters. The van der Waals surface area contributed by atoms with Crippen LogP contribution in [0.25, 0.3) is 11.1 Å². The SMILES string of the molecule is CCOc1ccc(-c2ccc(CC(=O)NCC3CCNC3)nc2N2CCN(C)CC2)cc1. The molecule has 1 unspecified atom stereocenters. The van der Waals surface area contributed by atoms with E-state index in [-0.39, 0.29) is 5.91 Å². The van der Waals surface area contributed by atoms with Crippen molar-refractivity contribution in [3.63, 3.8) is 0 Å². The third-order valence-corrected chi connectivity index (χ3v) is 6.30. The summed E-state index contributed by atoms with van der Waals surface area (Å²) in [7, 11) is 2.15. The van der Waals surface area contributed by atoms with E-state index in [0.29, 0.717) is 18.9 Å². The largest absolute Gasteiger partial charge is 0.494 e. The number of pyridine rings is 1. The molecule has 0 spiro atoms. The molecule has 7 heteroatoms. The number of piperazine rings is 1. The summed E-state index contributed by atoms with van der Waals surface area (Å²) in [5.41, 5.74) is 3.02. The van der Waals surface area contributed by atoms with Gasteiger partial charge in [0.25, 0.3) is 0 Å². The lowest BCUT2D eigenvalue weighted by atomic mass is 10.0. The fourth-order valence-electron chi connectivity index (χ4n) is 4.34. The smallest absolute Gasteiger partial charge is 0.226 e. The molecule has 0 saturated carbocycles. The maximum Gasteiger partial charge on any atom is 0.226 e. The Kier molecular flexibility index (Phi) is 7.60. The highest BCUT2D eigenvalue weighted by Gasteiger charge is 2.21. The van der Waals surface area contributed by atoms with Crippen LogP contribution in [0, 0.1) is 5.92 Å². The first kappa shape index (κ1) is 22.6. The molecular weight excluding hydrogens is 402 g/mol. The van der Waals surface area contributed by atoms with Crippen molar-refractivity contribution < 1.29 is 9.53 Å². The van der Waals surface area contributed by atoms with Crippen molar-refractivity contribution in [1.82, 2.24) is 20.5 Å². The lowest BCUT2D eigenvalue weighted by Gasteiger charge is -2.34. The number of aromatic nitrogens is 1. The van der Waals surface area contributed by atoms with Crippen molar-refractivity contribution in [2.24, 2.45) is 5.92 Å². The summed E-state index contributed by atoms with van der Waals surface area (Å²) in [5, 5.41) is 6.43. The minimum absolute atomic E-state index is 0.0440. The summed E-state index contributed by atoms with van der Waals surface area (Å²) in [6.45, 7) is 9.28. The molecule has 2 aliphatic heterocycles. The molecular formula is C25H35N5O2. The first-order valence-electron chi connectivity index (χ1n) is 11.8. The molecule has 2 N–H and O–H groups in total. The topological polar surface area (TPSA) is 69.7 Å². The molecule has 2 saturated heterocycles. The van der Waals surface area contributed by atoms with E-state index in [4.69, 9.17) is 9.72 Å². The third kappa shape index (κ3) is 5.78. The fourth-order valence-corrected chi connectivity index (χ4v) is 4.34. The number of carbonyl (C=O) groups excluding carboxylic acids is 1. The van der Waals surface area contributed by atoms with Gasteiger partial charge in [-0.3, -0.25) is 4.79 Å². The Morgan fingerprint density at radius 1 is 1.16 bits per heavy atom. The van der Waals surface area contributed by atoms with Gasteiger partial charge in [0.2, 0.25) is 5.91 Å². The van der Waals surface area contributed by atoms with Gasteiger partial charge in [-0.05, 0) is 69.2 Å². The van der Waals surface area contributed by atoms with Crippen LogP contribution >= 0.6 is 0 Å². The molecule has 1 aromatic heterocycles. The van der Waals surface area contributed by atoms with Crippen LogP contribution in [0.15, 0.2) is 36.4 Å². The highest BCUT2D eigenvalue weighted by Crippen LogP contribution is 2.31. The molecule has 7 nitrogen and oxygen atoms in total. The molecule has 2 aliphatic rings. The van der Waals surface area contributed by atoms with Gasteiger partial charge < -0.3 is 25.2 Å². The Morgan fingerprint density at radius 2 is 1.94 bits per heavy atom. The van der Waals surface area contributed by atoms with Gasteiger partial charge in [-0.15, -0.1) is 0 Å². The number of nitrogens with one attached hydrogen (secondary N) is 2. The highest BCUT2D eigenvalue weighted by molar-refractivity contribution is 5.80. The van der Waals surface area contributed by atoms with Crippen LogP contribution in [-0.4, -0.2) is 75.3 Å². The van der Waals surface area contributed by atoms with E-state index in [9.17, 15) is 4.79 Å². The fraction of sp³-hybridized carbons (Fsp3) is 0.520. The zero-order valence-corrected chi connectivity index (χ0v) is 19.3. The highest BCUT2D eigenvalue weighted by atomic mass is 16.5. The molecule has 2 aromatic rings. The molecule has 32 heavy (non-hydrogen) atoms. The van der Waals surface area contributed by atoms with Crippen LogP contribution in [0.1, 0.15) is 19.0 Å². The Bertz CT molecular complexity index is 888. The number of ether oxygens (including phenoxy) is 1. The first-order valence-corrected chi connectivity index (χ1v) is 11.8. The maximum absolute atomic E-state index is 12.5. The normalized spacial score (nSPS) is 19.2. The van der Waals surface area contributed by atoms with E-state index < -0.39 is 0 Å². The van der Waals surface area contributed by atoms with Crippen LogP contribution in [0.5, 0.6) is 5.75 Å². The Hall–Kier alpha value is -2.64. The van der Waals surface area contributed by atoms with Crippen LogP contribution in [0.4, 0.5) is 5.82 Å². The number of hydrogen-bond donors (Lipinski definition) is 2. The van der Waals surface area contributed by atoms with Crippen molar-refractivity contribution in [2.75, 3.05) is 64.4 Å².